The number of hydrogen-bond acceptors (Lipinski definition) is 2. The van der Waals surface area contributed by atoms with Crippen LogP contribution in [0.3, 0.4) is 0 Å². The molecule has 0 radical (unpaired) electrons. The third-order valence-electron chi connectivity index (χ3n) is 5.41. The molecule has 0 saturated heterocycles. The standard InChI is InChI=1S/C26H21Cl2NO2/c1-17-10-11-22(28)14-23(17)26(31-16-30)25(19-8-5-9-21(27)12-19)20-13-24(29-15-20)18-6-3-2-4-7-18/h2-16,25-26,29H,1H3. The topological polar surface area (TPSA) is 42.1 Å². The first-order valence-corrected chi connectivity index (χ1v) is 10.7. The summed E-state index contributed by atoms with van der Waals surface area (Å²) in [5.74, 6) is -0.283. The molecule has 3 nitrogen and oxygen atoms in total. The first kappa shape index (κ1) is 21.2. The Hall–Kier alpha value is -3.01. The van der Waals surface area contributed by atoms with E-state index in [4.69, 9.17) is 27.9 Å². The number of halogens is 2. The number of hydrogen-bond donors (Lipinski definition) is 1. The monoisotopic (exact) mass is 449 g/mol. The highest BCUT2D eigenvalue weighted by Gasteiger charge is 2.30. The number of carbonyl (C=O) groups excluding carboxylic acids is 1. The first-order chi connectivity index (χ1) is 15.1. The Bertz CT molecular complexity index is 1190. The molecule has 0 amide bonds. The van der Waals surface area contributed by atoms with E-state index in [1.165, 1.54) is 0 Å². The molecule has 2 atom stereocenters. The van der Waals surface area contributed by atoms with Crippen molar-refractivity contribution >= 4 is 29.7 Å². The highest BCUT2D eigenvalue weighted by molar-refractivity contribution is 6.31. The van der Waals surface area contributed by atoms with Crippen molar-refractivity contribution in [3.63, 3.8) is 0 Å². The summed E-state index contributed by atoms with van der Waals surface area (Å²) in [6.07, 6.45) is 1.38. The number of nitrogens with one attached hydrogen (secondary N) is 1. The number of rotatable bonds is 7. The van der Waals surface area contributed by atoms with E-state index >= 15 is 0 Å². The van der Waals surface area contributed by atoms with Gasteiger partial charge in [0.2, 0.25) is 0 Å². The summed E-state index contributed by atoms with van der Waals surface area (Å²) in [5, 5.41) is 1.21. The minimum Gasteiger partial charge on any atom is -0.459 e. The molecule has 0 aliphatic carbocycles. The van der Waals surface area contributed by atoms with Crippen LogP contribution >= 0.6 is 23.2 Å². The summed E-state index contributed by atoms with van der Waals surface area (Å²) < 4.78 is 5.69. The zero-order chi connectivity index (χ0) is 21.8. The van der Waals surface area contributed by atoms with E-state index < -0.39 is 6.10 Å². The molecule has 0 fully saturated rings. The lowest BCUT2D eigenvalue weighted by molar-refractivity contribution is -0.134. The Morgan fingerprint density at radius 2 is 1.65 bits per heavy atom. The van der Waals surface area contributed by atoms with Crippen LogP contribution in [-0.4, -0.2) is 11.5 Å². The van der Waals surface area contributed by atoms with Crippen molar-refractivity contribution in [3.8, 4) is 11.3 Å². The summed E-state index contributed by atoms with van der Waals surface area (Å²) >= 11 is 12.6. The number of aryl methyl sites for hydroxylation is 1. The number of H-pyrrole nitrogens is 1. The van der Waals surface area contributed by atoms with Crippen LogP contribution in [0.15, 0.2) is 85.1 Å². The maximum atomic E-state index is 11.6. The average Bonchev–Trinajstić information content (AvgIpc) is 3.26. The smallest absolute Gasteiger partial charge is 0.293 e. The van der Waals surface area contributed by atoms with Crippen LogP contribution in [0.1, 0.15) is 34.3 Å². The van der Waals surface area contributed by atoms with Crippen LogP contribution < -0.4 is 0 Å². The van der Waals surface area contributed by atoms with Gasteiger partial charge in [-0.1, -0.05) is 71.7 Å². The van der Waals surface area contributed by atoms with Gasteiger partial charge in [-0.05, 0) is 65.1 Å². The first-order valence-electron chi connectivity index (χ1n) is 9.91. The number of aromatic amines is 1. The normalized spacial score (nSPS) is 12.9. The molecule has 4 rings (SSSR count). The predicted octanol–water partition coefficient (Wildman–Crippen LogP) is 7.34. The second-order valence-electron chi connectivity index (χ2n) is 7.40. The average molecular weight is 450 g/mol. The Morgan fingerprint density at radius 1 is 0.871 bits per heavy atom. The molecule has 0 aliphatic rings. The second kappa shape index (κ2) is 9.42. The van der Waals surface area contributed by atoms with Gasteiger partial charge in [0, 0.05) is 21.9 Å². The molecule has 4 aromatic rings. The SMILES string of the molecule is Cc1ccc(Cl)cc1C(OC=O)C(c1cccc(Cl)c1)c1c[nH]c(-c2ccccc2)c1. The van der Waals surface area contributed by atoms with Crippen molar-refractivity contribution in [2.75, 3.05) is 0 Å². The van der Waals surface area contributed by atoms with Crippen molar-refractivity contribution in [2.45, 2.75) is 18.9 Å². The van der Waals surface area contributed by atoms with Gasteiger partial charge in [-0.2, -0.15) is 0 Å². The van der Waals surface area contributed by atoms with Crippen LogP contribution in [0.2, 0.25) is 10.0 Å². The quantitative estimate of drug-likeness (QED) is 0.299. The van der Waals surface area contributed by atoms with E-state index in [2.05, 4.69) is 11.1 Å². The van der Waals surface area contributed by atoms with Crippen molar-refractivity contribution in [1.82, 2.24) is 4.98 Å². The molecule has 5 heteroatoms. The minimum atomic E-state index is -0.575. The molecule has 1 heterocycles. The molecule has 31 heavy (non-hydrogen) atoms. The third-order valence-corrected chi connectivity index (χ3v) is 5.88. The fourth-order valence-corrected chi connectivity index (χ4v) is 4.31. The van der Waals surface area contributed by atoms with Crippen molar-refractivity contribution in [1.29, 1.82) is 0 Å². The molecular formula is C26H21Cl2NO2. The molecule has 2 unspecified atom stereocenters. The number of carbonyl (C=O) groups is 1. The van der Waals surface area contributed by atoms with Gasteiger partial charge in [-0.15, -0.1) is 0 Å². The lowest BCUT2D eigenvalue weighted by atomic mass is 9.83. The maximum Gasteiger partial charge on any atom is 0.293 e. The van der Waals surface area contributed by atoms with Crippen LogP contribution in [-0.2, 0) is 9.53 Å². The van der Waals surface area contributed by atoms with E-state index in [0.717, 1.165) is 33.5 Å². The van der Waals surface area contributed by atoms with Gasteiger partial charge in [0.1, 0.15) is 6.10 Å². The van der Waals surface area contributed by atoms with Crippen LogP contribution in [0.5, 0.6) is 0 Å². The fraction of sp³-hybridized carbons (Fsp3) is 0.115. The Balaban J connectivity index is 1.87. The van der Waals surface area contributed by atoms with Crippen LogP contribution in [0, 0.1) is 6.92 Å². The molecule has 156 valence electrons. The maximum absolute atomic E-state index is 11.6. The van der Waals surface area contributed by atoms with E-state index in [0.29, 0.717) is 16.5 Å². The van der Waals surface area contributed by atoms with Gasteiger partial charge in [-0.3, -0.25) is 4.79 Å². The number of aromatic nitrogens is 1. The summed E-state index contributed by atoms with van der Waals surface area (Å²) in [7, 11) is 0. The van der Waals surface area contributed by atoms with Gasteiger partial charge in [0.25, 0.3) is 6.47 Å². The Labute approximate surface area is 191 Å². The Kier molecular flexibility index (Phi) is 6.45. The summed E-state index contributed by atoms with van der Waals surface area (Å²) in [5.41, 5.74) is 5.82. The lowest BCUT2D eigenvalue weighted by Gasteiger charge is -2.27. The highest BCUT2D eigenvalue weighted by atomic mass is 35.5. The van der Waals surface area contributed by atoms with Gasteiger partial charge in [0.05, 0.1) is 5.92 Å². The summed E-state index contributed by atoms with van der Waals surface area (Å²) in [4.78, 5) is 14.9. The van der Waals surface area contributed by atoms with Gasteiger partial charge in [-0.25, -0.2) is 0 Å². The van der Waals surface area contributed by atoms with Crippen LogP contribution in [0.25, 0.3) is 11.3 Å². The van der Waals surface area contributed by atoms with E-state index in [1.54, 1.807) is 0 Å². The predicted molar refractivity (Wildman–Crippen MR) is 126 cm³/mol. The van der Waals surface area contributed by atoms with Crippen molar-refractivity contribution in [3.05, 3.63) is 117 Å². The highest BCUT2D eigenvalue weighted by Crippen LogP contribution is 2.42. The molecule has 0 spiro atoms. The lowest BCUT2D eigenvalue weighted by Crippen LogP contribution is -2.16. The van der Waals surface area contributed by atoms with Gasteiger partial charge >= 0.3 is 0 Å². The number of ether oxygens (including phenoxy) is 1. The van der Waals surface area contributed by atoms with Gasteiger partial charge in [0.15, 0.2) is 0 Å². The van der Waals surface area contributed by atoms with Gasteiger partial charge < -0.3 is 9.72 Å². The van der Waals surface area contributed by atoms with Crippen molar-refractivity contribution in [2.24, 2.45) is 0 Å². The molecule has 0 aliphatic heterocycles. The third kappa shape index (κ3) is 4.68. The summed E-state index contributed by atoms with van der Waals surface area (Å²) in [6.45, 7) is 2.47. The zero-order valence-electron chi connectivity index (χ0n) is 16.9. The molecule has 1 N–H and O–H groups in total. The number of benzene rings is 3. The molecule has 0 saturated carbocycles. The largest absolute Gasteiger partial charge is 0.459 e. The molecule has 1 aromatic heterocycles. The fourth-order valence-electron chi connectivity index (χ4n) is 3.93. The van der Waals surface area contributed by atoms with Crippen LogP contribution in [0.4, 0.5) is 0 Å². The summed E-state index contributed by atoms with van der Waals surface area (Å²) in [6, 6.07) is 25.4. The molecular weight excluding hydrogens is 429 g/mol. The second-order valence-corrected chi connectivity index (χ2v) is 8.27. The van der Waals surface area contributed by atoms with E-state index in [9.17, 15) is 4.79 Å². The molecule has 0 bridgehead atoms. The van der Waals surface area contributed by atoms with E-state index in [1.807, 2.05) is 85.9 Å². The Morgan fingerprint density at radius 3 is 2.39 bits per heavy atom. The van der Waals surface area contributed by atoms with Crippen molar-refractivity contribution < 1.29 is 9.53 Å². The van der Waals surface area contributed by atoms with E-state index in [-0.39, 0.29) is 5.92 Å². The molecule has 3 aromatic carbocycles. The minimum absolute atomic E-state index is 0.283. The zero-order valence-corrected chi connectivity index (χ0v) is 18.4.